The average molecular weight is 268 g/mol. The van der Waals surface area contributed by atoms with Gasteiger partial charge in [0.05, 0.1) is 6.10 Å². The van der Waals surface area contributed by atoms with Gasteiger partial charge in [-0.1, -0.05) is 35.9 Å². The number of rotatable bonds is 4. The molecule has 1 saturated carbocycles. The van der Waals surface area contributed by atoms with Gasteiger partial charge in [-0.2, -0.15) is 0 Å². The second-order valence-corrected chi connectivity index (χ2v) is 4.81. The third kappa shape index (κ3) is 3.28. The third-order valence-corrected chi connectivity index (χ3v) is 3.63. The zero-order valence-electron chi connectivity index (χ0n) is 7.18. The molecule has 0 amide bonds. The smallest absolute Gasteiger partial charge is 0.0692 e. The van der Waals surface area contributed by atoms with Crippen LogP contribution in [0.4, 0.5) is 0 Å². The molecule has 1 rings (SSSR count). The van der Waals surface area contributed by atoms with Crippen molar-refractivity contribution in [2.24, 2.45) is 0 Å². The van der Waals surface area contributed by atoms with Crippen LogP contribution in [0.15, 0.2) is 0 Å². The summed E-state index contributed by atoms with van der Waals surface area (Å²) in [5.74, 6) is 0. The molecular weight excluding hydrogens is 251 g/mol. The minimum absolute atomic E-state index is 0.571. The fourth-order valence-corrected chi connectivity index (χ4v) is 2.46. The number of alkyl halides is 1. The molecule has 0 aliphatic heterocycles. The van der Waals surface area contributed by atoms with Crippen LogP contribution in [0.3, 0.4) is 0 Å². The fraction of sp³-hybridized carbons (Fsp3) is 1.00. The van der Waals surface area contributed by atoms with E-state index in [1.54, 1.807) is 0 Å². The summed E-state index contributed by atoms with van der Waals surface area (Å²) in [4.78, 5) is 0. The molecule has 2 unspecified atom stereocenters. The van der Waals surface area contributed by atoms with Crippen molar-refractivity contribution in [1.82, 2.24) is 0 Å². The molecule has 1 aliphatic rings. The highest BCUT2D eigenvalue weighted by molar-refractivity contribution is 14.1. The van der Waals surface area contributed by atoms with Crippen molar-refractivity contribution in [3.8, 4) is 0 Å². The second-order valence-electron chi connectivity index (χ2n) is 3.21. The van der Waals surface area contributed by atoms with Gasteiger partial charge in [-0.05, 0) is 25.7 Å². The Balaban J connectivity index is 2.05. The second kappa shape index (κ2) is 5.36. The standard InChI is InChI=1S/C9H17IO/c1-2-3-7-11-9-6-4-5-8(9)10/h8-9H,2-7H2,1H3. The predicted molar refractivity (Wildman–Crippen MR) is 56.3 cm³/mol. The zero-order valence-corrected chi connectivity index (χ0v) is 9.34. The van der Waals surface area contributed by atoms with Gasteiger partial charge in [-0.15, -0.1) is 0 Å². The maximum Gasteiger partial charge on any atom is 0.0692 e. The Morgan fingerprint density at radius 2 is 2.27 bits per heavy atom. The Morgan fingerprint density at radius 1 is 1.45 bits per heavy atom. The SMILES string of the molecule is CCCCOC1CCCC1I. The minimum Gasteiger partial charge on any atom is -0.377 e. The lowest BCUT2D eigenvalue weighted by Gasteiger charge is -2.14. The first-order valence-corrected chi connectivity index (χ1v) is 5.85. The van der Waals surface area contributed by atoms with Crippen molar-refractivity contribution in [2.75, 3.05) is 6.61 Å². The van der Waals surface area contributed by atoms with Gasteiger partial charge in [0.2, 0.25) is 0 Å². The molecule has 0 radical (unpaired) electrons. The predicted octanol–water partition coefficient (Wildman–Crippen LogP) is 3.16. The molecule has 0 saturated heterocycles. The van der Waals surface area contributed by atoms with E-state index in [2.05, 4.69) is 29.5 Å². The molecule has 11 heavy (non-hydrogen) atoms. The molecule has 1 nitrogen and oxygen atoms in total. The maximum atomic E-state index is 5.75. The molecule has 0 aromatic rings. The molecule has 0 spiro atoms. The molecule has 0 bridgehead atoms. The van der Waals surface area contributed by atoms with Crippen LogP contribution in [0, 0.1) is 0 Å². The van der Waals surface area contributed by atoms with E-state index in [1.165, 1.54) is 32.1 Å². The molecule has 0 N–H and O–H groups in total. The Hall–Kier alpha value is 0.690. The Bertz CT molecular complexity index is 106. The highest BCUT2D eigenvalue weighted by Gasteiger charge is 2.24. The zero-order chi connectivity index (χ0) is 8.10. The van der Waals surface area contributed by atoms with Crippen molar-refractivity contribution in [3.63, 3.8) is 0 Å². The van der Waals surface area contributed by atoms with Crippen molar-refractivity contribution in [3.05, 3.63) is 0 Å². The summed E-state index contributed by atoms with van der Waals surface area (Å²) in [7, 11) is 0. The molecule has 1 aliphatic carbocycles. The topological polar surface area (TPSA) is 9.23 Å². The Morgan fingerprint density at radius 3 is 2.82 bits per heavy atom. The Kier molecular flexibility index (Phi) is 4.76. The van der Waals surface area contributed by atoms with Gasteiger partial charge in [0.25, 0.3) is 0 Å². The lowest BCUT2D eigenvalue weighted by molar-refractivity contribution is 0.0622. The number of hydrogen-bond acceptors (Lipinski definition) is 1. The number of ether oxygens (including phenoxy) is 1. The van der Waals surface area contributed by atoms with Gasteiger partial charge < -0.3 is 4.74 Å². The average Bonchev–Trinajstić information content (AvgIpc) is 2.37. The van der Waals surface area contributed by atoms with Crippen LogP contribution in [0.5, 0.6) is 0 Å². The summed E-state index contributed by atoms with van der Waals surface area (Å²) in [6, 6.07) is 0. The molecule has 0 heterocycles. The van der Waals surface area contributed by atoms with Gasteiger partial charge in [-0.25, -0.2) is 0 Å². The molecule has 0 aromatic carbocycles. The van der Waals surface area contributed by atoms with Gasteiger partial charge in [0.1, 0.15) is 0 Å². The fourth-order valence-electron chi connectivity index (χ4n) is 1.45. The summed E-state index contributed by atoms with van der Waals surface area (Å²) >= 11 is 2.52. The molecular formula is C9H17IO. The van der Waals surface area contributed by atoms with Crippen LogP contribution >= 0.6 is 22.6 Å². The van der Waals surface area contributed by atoms with E-state index in [0.29, 0.717) is 6.10 Å². The van der Waals surface area contributed by atoms with E-state index in [-0.39, 0.29) is 0 Å². The number of halogens is 1. The molecule has 2 heteroatoms. The first-order valence-electron chi connectivity index (χ1n) is 4.60. The summed E-state index contributed by atoms with van der Waals surface area (Å²) in [5.41, 5.74) is 0. The number of unbranched alkanes of at least 4 members (excludes halogenated alkanes) is 1. The lowest BCUT2D eigenvalue weighted by Crippen LogP contribution is -2.18. The van der Waals surface area contributed by atoms with Crippen LogP contribution in [-0.4, -0.2) is 16.6 Å². The van der Waals surface area contributed by atoms with Crippen LogP contribution < -0.4 is 0 Å². The Labute approximate surface area is 83.0 Å². The van der Waals surface area contributed by atoms with Gasteiger partial charge in [0, 0.05) is 10.5 Å². The summed E-state index contributed by atoms with van der Waals surface area (Å²) < 4.78 is 6.53. The van der Waals surface area contributed by atoms with Crippen molar-refractivity contribution >= 4 is 22.6 Å². The summed E-state index contributed by atoms with van der Waals surface area (Å²) in [6.45, 7) is 3.18. The maximum absolute atomic E-state index is 5.75. The normalized spacial score (nSPS) is 31.1. The minimum atomic E-state index is 0.571. The number of hydrogen-bond donors (Lipinski definition) is 0. The van der Waals surface area contributed by atoms with E-state index in [0.717, 1.165) is 10.5 Å². The van der Waals surface area contributed by atoms with Gasteiger partial charge >= 0.3 is 0 Å². The summed E-state index contributed by atoms with van der Waals surface area (Å²) in [6.07, 6.45) is 7.06. The molecule has 1 fully saturated rings. The van der Waals surface area contributed by atoms with Crippen LogP contribution in [-0.2, 0) is 4.74 Å². The van der Waals surface area contributed by atoms with Crippen LogP contribution in [0.2, 0.25) is 0 Å². The summed E-state index contributed by atoms with van der Waals surface area (Å²) in [5, 5.41) is 0. The van der Waals surface area contributed by atoms with E-state index in [1.807, 2.05) is 0 Å². The molecule has 2 atom stereocenters. The van der Waals surface area contributed by atoms with E-state index in [9.17, 15) is 0 Å². The van der Waals surface area contributed by atoms with Crippen molar-refractivity contribution in [2.45, 2.75) is 49.1 Å². The van der Waals surface area contributed by atoms with Crippen LogP contribution in [0.1, 0.15) is 39.0 Å². The van der Waals surface area contributed by atoms with Crippen LogP contribution in [0.25, 0.3) is 0 Å². The van der Waals surface area contributed by atoms with E-state index in [4.69, 9.17) is 4.74 Å². The highest BCUT2D eigenvalue weighted by atomic mass is 127. The highest BCUT2D eigenvalue weighted by Crippen LogP contribution is 2.28. The molecule has 0 aromatic heterocycles. The van der Waals surface area contributed by atoms with E-state index < -0.39 is 0 Å². The van der Waals surface area contributed by atoms with Gasteiger partial charge in [0.15, 0.2) is 0 Å². The van der Waals surface area contributed by atoms with Crippen molar-refractivity contribution in [1.29, 1.82) is 0 Å². The molecule has 66 valence electrons. The first-order chi connectivity index (χ1) is 5.34. The largest absolute Gasteiger partial charge is 0.377 e. The van der Waals surface area contributed by atoms with Gasteiger partial charge in [-0.3, -0.25) is 0 Å². The monoisotopic (exact) mass is 268 g/mol. The third-order valence-electron chi connectivity index (χ3n) is 2.20. The lowest BCUT2D eigenvalue weighted by atomic mass is 10.3. The first kappa shape index (κ1) is 9.78. The van der Waals surface area contributed by atoms with Crippen molar-refractivity contribution < 1.29 is 4.74 Å². The van der Waals surface area contributed by atoms with E-state index >= 15 is 0 Å². The quantitative estimate of drug-likeness (QED) is 0.432.